The Balaban J connectivity index is 1.73. The first kappa shape index (κ1) is 13.6. The number of aliphatic hydroxyl groups excluding tert-OH is 1. The molecule has 0 saturated carbocycles. The molecule has 5 nitrogen and oxygen atoms in total. The maximum absolute atomic E-state index is 12.4. The van der Waals surface area contributed by atoms with Gasteiger partial charge >= 0.3 is 5.97 Å². The zero-order chi connectivity index (χ0) is 15.8. The summed E-state index contributed by atoms with van der Waals surface area (Å²) < 4.78 is 5.55. The normalized spacial score (nSPS) is 18.3. The molecular weight excluding hydrogens is 292 g/mol. The monoisotopic (exact) mass is 306 g/mol. The summed E-state index contributed by atoms with van der Waals surface area (Å²) in [7, 11) is 0. The van der Waals surface area contributed by atoms with Crippen molar-refractivity contribution in [3.63, 3.8) is 0 Å². The average Bonchev–Trinajstić information content (AvgIpc) is 2.99. The Morgan fingerprint density at radius 3 is 2.61 bits per heavy atom. The fourth-order valence-corrected chi connectivity index (χ4v) is 2.90. The SMILES string of the molecule is O=C1OC(c2[nH]nc3ccccc23)CC(O)=C1c1ccccc1. The Morgan fingerprint density at radius 1 is 1.09 bits per heavy atom. The molecule has 5 heteroatoms. The quantitative estimate of drug-likeness (QED) is 0.710. The number of benzene rings is 2. The van der Waals surface area contributed by atoms with E-state index in [2.05, 4.69) is 10.2 Å². The van der Waals surface area contributed by atoms with Crippen LogP contribution in [0.2, 0.25) is 0 Å². The van der Waals surface area contributed by atoms with Gasteiger partial charge in [0.1, 0.15) is 11.3 Å². The van der Waals surface area contributed by atoms with Gasteiger partial charge in [0.25, 0.3) is 0 Å². The van der Waals surface area contributed by atoms with E-state index in [-0.39, 0.29) is 17.8 Å². The molecule has 3 aromatic rings. The van der Waals surface area contributed by atoms with Gasteiger partial charge in [0, 0.05) is 11.8 Å². The van der Waals surface area contributed by atoms with Crippen LogP contribution in [0.5, 0.6) is 0 Å². The van der Waals surface area contributed by atoms with Crippen LogP contribution in [0.4, 0.5) is 0 Å². The second-order valence-corrected chi connectivity index (χ2v) is 5.44. The van der Waals surface area contributed by atoms with Crippen LogP contribution in [0.3, 0.4) is 0 Å². The van der Waals surface area contributed by atoms with Gasteiger partial charge in [-0.1, -0.05) is 48.5 Å². The highest BCUT2D eigenvalue weighted by Crippen LogP contribution is 2.36. The largest absolute Gasteiger partial charge is 0.511 e. The van der Waals surface area contributed by atoms with E-state index in [1.807, 2.05) is 42.5 Å². The molecule has 1 aliphatic rings. The fourth-order valence-electron chi connectivity index (χ4n) is 2.90. The lowest BCUT2D eigenvalue weighted by Gasteiger charge is -2.24. The van der Waals surface area contributed by atoms with Crippen molar-refractivity contribution in [3.8, 4) is 0 Å². The van der Waals surface area contributed by atoms with E-state index in [1.54, 1.807) is 12.1 Å². The van der Waals surface area contributed by atoms with Crippen molar-refractivity contribution in [2.24, 2.45) is 0 Å². The van der Waals surface area contributed by atoms with Gasteiger partial charge in [0.2, 0.25) is 0 Å². The summed E-state index contributed by atoms with van der Waals surface area (Å²) in [5, 5.41) is 18.4. The van der Waals surface area contributed by atoms with Gasteiger partial charge in [-0.15, -0.1) is 0 Å². The minimum Gasteiger partial charge on any atom is -0.511 e. The average molecular weight is 306 g/mol. The summed E-state index contributed by atoms with van der Waals surface area (Å²) in [6, 6.07) is 16.6. The highest BCUT2D eigenvalue weighted by atomic mass is 16.5. The molecule has 0 spiro atoms. The van der Waals surface area contributed by atoms with Crippen LogP contribution in [0.25, 0.3) is 16.5 Å². The topological polar surface area (TPSA) is 75.2 Å². The molecular formula is C18H14N2O3. The maximum Gasteiger partial charge on any atom is 0.342 e. The van der Waals surface area contributed by atoms with Crippen molar-refractivity contribution < 1.29 is 14.6 Å². The number of aromatic nitrogens is 2. The summed E-state index contributed by atoms with van der Waals surface area (Å²) in [4.78, 5) is 12.4. The number of hydrogen-bond acceptors (Lipinski definition) is 4. The lowest BCUT2D eigenvalue weighted by molar-refractivity contribution is -0.144. The highest BCUT2D eigenvalue weighted by Gasteiger charge is 2.32. The summed E-state index contributed by atoms with van der Waals surface area (Å²) in [6.45, 7) is 0. The van der Waals surface area contributed by atoms with Gasteiger partial charge in [-0.3, -0.25) is 5.10 Å². The van der Waals surface area contributed by atoms with Crippen LogP contribution in [0.1, 0.15) is 23.8 Å². The Hall–Kier alpha value is -3.08. The first-order chi connectivity index (χ1) is 11.2. The van der Waals surface area contributed by atoms with E-state index in [4.69, 9.17) is 4.74 Å². The Bertz CT molecular complexity index is 912. The van der Waals surface area contributed by atoms with Crippen LogP contribution < -0.4 is 0 Å². The first-order valence-electron chi connectivity index (χ1n) is 7.35. The molecule has 1 aliphatic heterocycles. The van der Waals surface area contributed by atoms with Crippen molar-refractivity contribution in [2.75, 3.05) is 0 Å². The molecule has 0 radical (unpaired) electrons. The molecule has 1 atom stereocenters. The molecule has 114 valence electrons. The van der Waals surface area contributed by atoms with E-state index in [0.29, 0.717) is 11.3 Å². The van der Waals surface area contributed by atoms with Gasteiger partial charge < -0.3 is 9.84 Å². The summed E-state index contributed by atoms with van der Waals surface area (Å²) in [5.41, 5.74) is 2.39. The van der Waals surface area contributed by atoms with Gasteiger partial charge in [-0.2, -0.15) is 5.10 Å². The minimum atomic E-state index is -0.567. The number of nitrogens with zero attached hydrogens (tertiary/aromatic N) is 1. The predicted octanol–water partition coefficient (Wildman–Crippen LogP) is 3.52. The number of carbonyl (C=O) groups excluding carboxylic acids is 1. The Kier molecular flexibility index (Phi) is 3.12. The Labute approximate surface area is 132 Å². The summed E-state index contributed by atoms with van der Waals surface area (Å²) >= 11 is 0. The molecule has 23 heavy (non-hydrogen) atoms. The molecule has 2 aromatic carbocycles. The zero-order valence-corrected chi connectivity index (χ0v) is 12.2. The van der Waals surface area contributed by atoms with E-state index in [1.165, 1.54) is 0 Å². The molecule has 2 N–H and O–H groups in total. The van der Waals surface area contributed by atoms with Crippen molar-refractivity contribution in [2.45, 2.75) is 12.5 Å². The molecule has 0 bridgehead atoms. The standard InChI is InChI=1S/C18H14N2O3/c21-14-10-15(17-12-8-4-5-9-13(12)19-20-17)23-18(22)16(14)11-6-2-1-3-7-11/h1-9,15,21H,10H2,(H,19,20). The summed E-state index contributed by atoms with van der Waals surface area (Å²) in [5.74, 6) is -0.486. The van der Waals surface area contributed by atoms with Crippen molar-refractivity contribution in [3.05, 3.63) is 71.6 Å². The second-order valence-electron chi connectivity index (χ2n) is 5.44. The lowest BCUT2D eigenvalue weighted by Crippen LogP contribution is -2.21. The highest BCUT2D eigenvalue weighted by molar-refractivity contribution is 6.17. The van der Waals surface area contributed by atoms with Crippen LogP contribution in [0, 0.1) is 0 Å². The third-order valence-electron chi connectivity index (χ3n) is 4.00. The maximum atomic E-state index is 12.4. The van der Waals surface area contributed by atoms with E-state index >= 15 is 0 Å². The number of ether oxygens (including phenoxy) is 1. The number of hydrogen-bond donors (Lipinski definition) is 2. The predicted molar refractivity (Wildman–Crippen MR) is 85.5 cm³/mol. The molecule has 0 saturated heterocycles. The minimum absolute atomic E-state index is 0.0381. The smallest absolute Gasteiger partial charge is 0.342 e. The molecule has 0 aliphatic carbocycles. The number of aromatic amines is 1. The molecule has 2 heterocycles. The molecule has 1 unspecified atom stereocenters. The number of esters is 1. The summed E-state index contributed by atoms with van der Waals surface area (Å²) in [6.07, 6.45) is -0.343. The number of nitrogens with one attached hydrogen (secondary N) is 1. The molecule has 1 aromatic heterocycles. The van der Waals surface area contributed by atoms with Crippen LogP contribution in [-0.2, 0) is 9.53 Å². The zero-order valence-electron chi connectivity index (χ0n) is 12.2. The number of para-hydroxylation sites is 1. The van der Waals surface area contributed by atoms with Crippen LogP contribution in [0.15, 0.2) is 60.4 Å². The first-order valence-corrected chi connectivity index (χ1v) is 7.35. The van der Waals surface area contributed by atoms with Gasteiger partial charge in [-0.05, 0) is 11.6 Å². The van der Waals surface area contributed by atoms with Crippen LogP contribution >= 0.6 is 0 Å². The molecule has 4 rings (SSSR count). The van der Waals surface area contributed by atoms with Gasteiger partial charge in [-0.25, -0.2) is 4.79 Å². The third-order valence-corrected chi connectivity index (χ3v) is 4.00. The number of fused-ring (bicyclic) bond motifs is 1. The van der Waals surface area contributed by atoms with Crippen molar-refractivity contribution in [1.29, 1.82) is 0 Å². The lowest BCUT2D eigenvalue weighted by atomic mass is 9.97. The molecule has 0 fully saturated rings. The van der Waals surface area contributed by atoms with Crippen molar-refractivity contribution >= 4 is 22.4 Å². The third kappa shape index (κ3) is 2.26. The second kappa shape index (κ2) is 5.28. The van der Waals surface area contributed by atoms with Gasteiger partial charge in [0.15, 0.2) is 6.10 Å². The Morgan fingerprint density at radius 2 is 1.83 bits per heavy atom. The van der Waals surface area contributed by atoms with E-state index in [0.717, 1.165) is 10.9 Å². The number of cyclic esters (lactones) is 1. The number of H-pyrrole nitrogens is 1. The van der Waals surface area contributed by atoms with Crippen molar-refractivity contribution in [1.82, 2.24) is 10.2 Å². The number of rotatable bonds is 2. The van der Waals surface area contributed by atoms with E-state index < -0.39 is 12.1 Å². The fraction of sp³-hybridized carbons (Fsp3) is 0.111. The number of carbonyl (C=O) groups is 1. The van der Waals surface area contributed by atoms with Gasteiger partial charge in [0.05, 0.1) is 11.2 Å². The number of aliphatic hydroxyl groups is 1. The molecule has 0 amide bonds. The van der Waals surface area contributed by atoms with Crippen LogP contribution in [-0.4, -0.2) is 21.3 Å². The van der Waals surface area contributed by atoms with E-state index in [9.17, 15) is 9.90 Å².